The molecule has 2 aliphatic rings. The summed E-state index contributed by atoms with van der Waals surface area (Å²) in [5, 5.41) is 10.6. The molecule has 0 heterocycles. The fraction of sp³-hybridized carbons (Fsp3) is 0.385. The maximum atomic E-state index is 10.6. The van der Waals surface area contributed by atoms with Gasteiger partial charge in [0.1, 0.15) is 0 Å². The topological polar surface area (TPSA) is 20.2 Å². The second kappa shape index (κ2) is 2.71. The first kappa shape index (κ1) is 8.25. The molecule has 0 aliphatic heterocycles. The van der Waals surface area contributed by atoms with Gasteiger partial charge in [-0.2, -0.15) is 0 Å². The van der Waals surface area contributed by atoms with Crippen molar-refractivity contribution in [3.63, 3.8) is 0 Å². The summed E-state index contributed by atoms with van der Waals surface area (Å²) in [6.07, 6.45) is 7.36. The minimum Gasteiger partial charge on any atom is -0.385 e. The van der Waals surface area contributed by atoms with Crippen molar-refractivity contribution in [1.29, 1.82) is 0 Å². The number of hydrogen-bond donors (Lipinski definition) is 1. The van der Waals surface area contributed by atoms with Crippen molar-refractivity contribution in [1.82, 2.24) is 0 Å². The van der Waals surface area contributed by atoms with E-state index >= 15 is 0 Å². The molecule has 1 N–H and O–H groups in total. The average molecular weight is 186 g/mol. The van der Waals surface area contributed by atoms with Gasteiger partial charge in [-0.1, -0.05) is 36.4 Å². The molecule has 1 heteroatoms. The van der Waals surface area contributed by atoms with Gasteiger partial charge in [-0.05, 0) is 36.3 Å². The van der Waals surface area contributed by atoms with Gasteiger partial charge in [-0.3, -0.25) is 0 Å². The van der Waals surface area contributed by atoms with E-state index in [2.05, 4.69) is 24.3 Å². The Labute approximate surface area is 84.1 Å². The van der Waals surface area contributed by atoms with Crippen LogP contribution in [-0.2, 0) is 5.60 Å². The van der Waals surface area contributed by atoms with E-state index in [-0.39, 0.29) is 0 Å². The molecule has 1 unspecified atom stereocenters. The van der Waals surface area contributed by atoms with Crippen LogP contribution in [0, 0.1) is 5.92 Å². The Bertz CT molecular complexity index is 390. The predicted octanol–water partition coefficient (Wildman–Crippen LogP) is 2.70. The molecule has 0 bridgehead atoms. The van der Waals surface area contributed by atoms with E-state index in [4.69, 9.17) is 0 Å². The van der Waals surface area contributed by atoms with Crippen LogP contribution in [0.3, 0.4) is 0 Å². The van der Waals surface area contributed by atoms with Crippen molar-refractivity contribution >= 4 is 6.08 Å². The standard InChI is InChI=1S/C13H14O/c14-13(11-7-8-11)9-3-5-10-4-1-2-6-12(10)13/h1-6,11,14H,7-9H2. The summed E-state index contributed by atoms with van der Waals surface area (Å²) in [4.78, 5) is 0. The molecule has 14 heavy (non-hydrogen) atoms. The highest BCUT2D eigenvalue weighted by Crippen LogP contribution is 2.50. The van der Waals surface area contributed by atoms with Crippen molar-refractivity contribution in [2.45, 2.75) is 24.9 Å². The Kier molecular flexibility index (Phi) is 1.59. The molecule has 0 amide bonds. The van der Waals surface area contributed by atoms with Crippen LogP contribution < -0.4 is 0 Å². The van der Waals surface area contributed by atoms with E-state index in [0.29, 0.717) is 5.92 Å². The molecule has 1 aromatic rings. The summed E-state index contributed by atoms with van der Waals surface area (Å²) in [6.45, 7) is 0. The van der Waals surface area contributed by atoms with Crippen LogP contribution in [0.4, 0.5) is 0 Å². The van der Waals surface area contributed by atoms with Gasteiger partial charge in [0.25, 0.3) is 0 Å². The number of rotatable bonds is 1. The maximum absolute atomic E-state index is 10.6. The second-order valence-electron chi connectivity index (χ2n) is 4.39. The molecular weight excluding hydrogens is 172 g/mol. The first-order valence-electron chi connectivity index (χ1n) is 5.29. The fourth-order valence-corrected chi connectivity index (χ4v) is 2.46. The lowest BCUT2D eigenvalue weighted by Crippen LogP contribution is -2.30. The molecule has 3 rings (SSSR count). The maximum Gasteiger partial charge on any atom is 0.0964 e. The van der Waals surface area contributed by atoms with E-state index in [1.807, 2.05) is 12.1 Å². The first-order chi connectivity index (χ1) is 6.81. The highest BCUT2D eigenvalue weighted by atomic mass is 16.3. The van der Waals surface area contributed by atoms with Crippen LogP contribution in [-0.4, -0.2) is 5.11 Å². The molecular formula is C13H14O. The molecule has 0 aromatic heterocycles. The normalized spacial score (nSPS) is 30.1. The van der Waals surface area contributed by atoms with E-state index in [1.165, 1.54) is 18.4 Å². The molecule has 2 aliphatic carbocycles. The van der Waals surface area contributed by atoms with Gasteiger partial charge in [0.15, 0.2) is 0 Å². The van der Waals surface area contributed by atoms with E-state index in [1.54, 1.807) is 0 Å². The van der Waals surface area contributed by atoms with Crippen LogP contribution in [0.1, 0.15) is 30.4 Å². The molecule has 72 valence electrons. The zero-order valence-electron chi connectivity index (χ0n) is 8.11. The summed E-state index contributed by atoms with van der Waals surface area (Å²) < 4.78 is 0. The third kappa shape index (κ3) is 1.05. The highest BCUT2D eigenvalue weighted by Gasteiger charge is 2.45. The number of aliphatic hydroxyl groups is 1. The van der Waals surface area contributed by atoms with Gasteiger partial charge in [0.05, 0.1) is 5.60 Å². The zero-order chi connectivity index (χ0) is 9.60. The quantitative estimate of drug-likeness (QED) is 0.715. The summed E-state index contributed by atoms with van der Waals surface area (Å²) in [5.41, 5.74) is 1.75. The molecule has 0 spiro atoms. The van der Waals surface area contributed by atoms with Crippen LogP contribution >= 0.6 is 0 Å². The van der Waals surface area contributed by atoms with Gasteiger partial charge >= 0.3 is 0 Å². The number of benzene rings is 1. The zero-order valence-corrected chi connectivity index (χ0v) is 8.11. The SMILES string of the molecule is OC1(C2CC2)CC=Cc2ccccc21. The summed E-state index contributed by atoms with van der Waals surface area (Å²) in [5.74, 6) is 0.494. The lowest BCUT2D eigenvalue weighted by atomic mass is 9.79. The third-order valence-corrected chi connectivity index (χ3v) is 3.41. The lowest BCUT2D eigenvalue weighted by molar-refractivity contribution is 0.0146. The Balaban J connectivity index is 2.14. The lowest BCUT2D eigenvalue weighted by Gasteiger charge is -2.31. The Morgan fingerprint density at radius 3 is 2.79 bits per heavy atom. The molecule has 1 saturated carbocycles. The molecule has 0 radical (unpaired) electrons. The smallest absolute Gasteiger partial charge is 0.0964 e. The minimum atomic E-state index is -0.564. The largest absolute Gasteiger partial charge is 0.385 e. The predicted molar refractivity (Wildman–Crippen MR) is 56.7 cm³/mol. The number of fused-ring (bicyclic) bond motifs is 1. The fourth-order valence-electron chi connectivity index (χ4n) is 2.46. The summed E-state index contributed by atoms with van der Waals surface area (Å²) >= 11 is 0. The summed E-state index contributed by atoms with van der Waals surface area (Å²) in [6, 6.07) is 8.20. The highest BCUT2D eigenvalue weighted by molar-refractivity contribution is 5.58. The molecule has 1 fully saturated rings. The summed E-state index contributed by atoms with van der Waals surface area (Å²) in [7, 11) is 0. The second-order valence-corrected chi connectivity index (χ2v) is 4.39. The van der Waals surface area contributed by atoms with E-state index in [9.17, 15) is 5.11 Å². The van der Waals surface area contributed by atoms with Gasteiger partial charge in [0, 0.05) is 0 Å². The van der Waals surface area contributed by atoms with Crippen molar-refractivity contribution in [3.05, 3.63) is 41.5 Å². The average Bonchev–Trinajstić information content (AvgIpc) is 3.02. The van der Waals surface area contributed by atoms with Crippen LogP contribution in [0.5, 0.6) is 0 Å². The molecule has 0 saturated heterocycles. The first-order valence-corrected chi connectivity index (χ1v) is 5.29. The van der Waals surface area contributed by atoms with E-state index < -0.39 is 5.60 Å². The van der Waals surface area contributed by atoms with E-state index in [0.717, 1.165) is 12.0 Å². The van der Waals surface area contributed by atoms with Gasteiger partial charge in [-0.25, -0.2) is 0 Å². The van der Waals surface area contributed by atoms with Crippen LogP contribution in [0.25, 0.3) is 6.08 Å². The van der Waals surface area contributed by atoms with Crippen molar-refractivity contribution in [2.24, 2.45) is 5.92 Å². The Hall–Kier alpha value is -1.08. The van der Waals surface area contributed by atoms with Gasteiger partial charge < -0.3 is 5.11 Å². The minimum absolute atomic E-state index is 0.494. The Morgan fingerprint density at radius 1 is 1.21 bits per heavy atom. The monoisotopic (exact) mass is 186 g/mol. The van der Waals surface area contributed by atoms with Crippen molar-refractivity contribution in [3.8, 4) is 0 Å². The third-order valence-electron chi connectivity index (χ3n) is 3.41. The van der Waals surface area contributed by atoms with Gasteiger partial charge in [-0.15, -0.1) is 0 Å². The molecule has 1 atom stereocenters. The van der Waals surface area contributed by atoms with Crippen molar-refractivity contribution < 1.29 is 5.11 Å². The van der Waals surface area contributed by atoms with Crippen LogP contribution in [0.2, 0.25) is 0 Å². The molecule has 1 aromatic carbocycles. The Morgan fingerprint density at radius 2 is 2.00 bits per heavy atom. The van der Waals surface area contributed by atoms with Crippen molar-refractivity contribution in [2.75, 3.05) is 0 Å². The number of hydrogen-bond acceptors (Lipinski definition) is 1. The molecule has 1 nitrogen and oxygen atoms in total. The van der Waals surface area contributed by atoms with Gasteiger partial charge in [0.2, 0.25) is 0 Å². The van der Waals surface area contributed by atoms with Crippen LogP contribution in [0.15, 0.2) is 30.3 Å².